The van der Waals surface area contributed by atoms with Crippen molar-refractivity contribution in [2.24, 2.45) is 0 Å². The lowest BCUT2D eigenvalue weighted by Crippen LogP contribution is -2.28. The van der Waals surface area contributed by atoms with Gasteiger partial charge in [-0.15, -0.1) is 0 Å². The molecule has 0 amide bonds. The third-order valence-electron chi connectivity index (χ3n) is 3.87. The third-order valence-corrected chi connectivity index (χ3v) is 3.87. The summed E-state index contributed by atoms with van der Waals surface area (Å²) in [6.07, 6.45) is 3.37. The Labute approximate surface area is 128 Å². The number of furan rings is 1. The molecule has 1 aromatic heterocycles. The minimum Gasteiger partial charge on any atom is -0.465 e. The maximum atomic E-state index is 5.90. The van der Waals surface area contributed by atoms with Crippen LogP contribution in [0, 0.1) is 6.92 Å². The molecule has 0 radical (unpaired) electrons. The van der Waals surface area contributed by atoms with E-state index in [0.29, 0.717) is 6.04 Å². The molecule has 0 spiro atoms. The van der Waals surface area contributed by atoms with Crippen LogP contribution in [0.25, 0.3) is 0 Å². The first-order valence-corrected chi connectivity index (χ1v) is 7.79. The molecule has 0 aromatic carbocycles. The molecule has 1 aliphatic heterocycles. The van der Waals surface area contributed by atoms with E-state index in [1.165, 1.54) is 11.1 Å². The number of hydrogen-bond donors (Lipinski definition) is 1. The Balaban J connectivity index is 1.88. The monoisotopic (exact) mass is 292 g/mol. The molecular formula is C17H28N2O2. The summed E-state index contributed by atoms with van der Waals surface area (Å²) in [6, 6.07) is 2.69. The van der Waals surface area contributed by atoms with E-state index in [4.69, 9.17) is 9.15 Å². The van der Waals surface area contributed by atoms with Gasteiger partial charge in [-0.2, -0.15) is 0 Å². The van der Waals surface area contributed by atoms with E-state index < -0.39 is 0 Å². The standard InChI is InChI=1S/C17H28N2O2/c1-13(2)18-10-16-9-17(21-14(16)3)11-19-7-5-15(6-8-19)12-20-4/h5,9,13,18H,6-8,10-12H2,1-4H3. The Morgan fingerprint density at radius 1 is 1.43 bits per heavy atom. The Bertz CT molecular complexity index is 477. The van der Waals surface area contributed by atoms with Crippen molar-refractivity contribution < 1.29 is 9.15 Å². The molecule has 2 rings (SSSR count). The zero-order valence-electron chi connectivity index (χ0n) is 13.7. The maximum Gasteiger partial charge on any atom is 0.118 e. The molecule has 4 heteroatoms. The number of nitrogens with zero attached hydrogens (tertiary/aromatic N) is 1. The first-order chi connectivity index (χ1) is 10.1. The molecule has 1 N–H and O–H groups in total. The summed E-state index contributed by atoms with van der Waals surface area (Å²) in [6.45, 7) is 11.0. The molecule has 0 saturated heterocycles. The van der Waals surface area contributed by atoms with Gasteiger partial charge >= 0.3 is 0 Å². The molecule has 0 fully saturated rings. The van der Waals surface area contributed by atoms with Crippen molar-refractivity contribution in [3.8, 4) is 0 Å². The Morgan fingerprint density at radius 3 is 2.86 bits per heavy atom. The van der Waals surface area contributed by atoms with E-state index in [9.17, 15) is 0 Å². The van der Waals surface area contributed by atoms with Gasteiger partial charge in [0.05, 0.1) is 13.2 Å². The van der Waals surface area contributed by atoms with Gasteiger partial charge in [0, 0.05) is 38.3 Å². The van der Waals surface area contributed by atoms with Gasteiger partial charge < -0.3 is 14.5 Å². The fourth-order valence-corrected chi connectivity index (χ4v) is 2.59. The molecule has 21 heavy (non-hydrogen) atoms. The van der Waals surface area contributed by atoms with Gasteiger partial charge in [-0.3, -0.25) is 4.90 Å². The third kappa shape index (κ3) is 4.99. The van der Waals surface area contributed by atoms with Gasteiger partial charge in [0.25, 0.3) is 0 Å². The van der Waals surface area contributed by atoms with E-state index in [-0.39, 0.29) is 0 Å². The van der Waals surface area contributed by atoms with Crippen LogP contribution in [0.1, 0.15) is 37.4 Å². The highest BCUT2D eigenvalue weighted by Gasteiger charge is 2.15. The molecule has 118 valence electrons. The van der Waals surface area contributed by atoms with Crippen LogP contribution in [0.2, 0.25) is 0 Å². The maximum absolute atomic E-state index is 5.90. The predicted octanol–water partition coefficient (Wildman–Crippen LogP) is 2.86. The lowest BCUT2D eigenvalue weighted by molar-refractivity contribution is 0.206. The number of methoxy groups -OCH3 is 1. The van der Waals surface area contributed by atoms with Crippen LogP contribution in [0.4, 0.5) is 0 Å². The van der Waals surface area contributed by atoms with Crippen LogP contribution >= 0.6 is 0 Å². The second-order valence-corrected chi connectivity index (χ2v) is 6.11. The van der Waals surface area contributed by atoms with Crippen molar-refractivity contribution >= 4 is 0 Å². The van der Waals surface area contributed by atoms with Crippen molar-refractivity contribution in [1.82, 2.24) is 10.2 Å². The average Bonchev–Trinajstić information content (AvgIpc) is 2.79. The molecule has 2 heterocycles. The molecule has 4 nitrogen and oxygen atoms in total. The molecule has 0 aliphatic carbocycles. The zero-order valence-corrected chi connectivity index (χ0v) is 13.7. The summed E-state index contributed by atoms with van der Waals surface area (Å²) in [7, 11) is 1.76. The highest BCUT2D eigenvalue weighted by atomic mass is 16.5. The predicted molar refractivity (Wildman–Crippen MR) is 85.3 cm³/mol. The fraction of sp³-hybridized carbons (Fsp3) is 0.647. The van der Waals surface area contributed by atoms with Crippen LogP contribution in [0.3, 0.4) is 0 Å². The van der Waals surface area contributed by atoms with Gasteiger partial charge in [-0.25, -0.2) is 0 Å². The van der Waals surface area contributed by atoms with Crippen LogP contribution < -0.4 is 5.32 Å². The summed E-state index contributed by atoms with van der Waals surface area (Å²) in [5, 5.41) is 3.44. The summed E-state index contributed by atoms with van der Waals surface area (Å²) >= 11 is 0. The topological polar surface area (TPSA) is 37.6 Å². The van der Waals surface area contributed by atoms with Crippen LogP contribution in [-0.2, 0) is 17.8 Å². The van der Waals surface area contributed by atoms with Crippen LogP contribution in [0.5, 0.6) is 0 Å². The number of ether oxygens (including phenoxy) is 1. The van der Waals surface area contributed by atoms with E-state index in [2.05, 4.69) is 36.2 Å². The summed E-state index contributed by atoms with van der Waals surface area (Å²) in [4.78, 5) is 2.41. The second-order valence-electron chi connectivity index (χ2n) is 6.11. The van der Waals surface area contributed by atoms with Crippen LogP contribution in [-0.4, -0.2) is 37.7 Å². The van der Waals surface area contributed by atoms with E-state index in [1.54, 1.807) is 7.11 Å². The van der Waals surface area contributed by atoms with Crippen molar-refractivity contribution in [2.45, 2.75) is 46.3 Å². The van der Waals surface area contributed by atoms with Crippen LogP contribution in [0.15, 0.2) is 22.1 Å². The molecule has 0 atom stereocenters. The minimum atomic E-state index is 0.495. The Morgan fingerprint density at radius 2 is 2.24 bits per heavy atom. The summed E-state index contributed by atoms with van der Waals surface area (Å²) in [5.41, 5.74) is 2.68. The SMILES string of the molecule is COCC1=CCN(Cc2cc(CNC(C)C)c(C)o2)CC1. The van der Waals surface area contributed by atoms with Gasteiger partial charge in [0.15, 0.2) is 0 Å². The quantitative estimate of drug-likeness (QED) is 0.784. The Hall–Kier alpha value is -1.10. The van der Waals surface area contributed by atoms with Crippen molar-refractivity contribution in [3.05, 3.63) is 34.8 Å². The highest BCUT2D eigenvalue weighted by molar-refractivity contribution is 5.21. The van der Waals surface area contributed by atoms with E-state index >= 15 is 0 Å². The first kappa shape index (κ1) is 16.3. The molecular weight excluding hydrogens is 264 g/mol. The van der Waals surface area contributed by atoms with E-state index in [0.717, 1.165) is 50.7 Å². The number of hydrogen-bond acceptors (Lipinski definition) is 4. The zero-order chi connectivity index (χ0) is 15.2. The van der Waals surface area contributed by atoms with Gasteiger partial charge in [0.1, 0.15) is 11.5 Å². The number of rotatable bonds is 7. The average molecular weight is 292 g/mol. The summed E-state index contributed by atoms with van der Waals surface area (Å²) in [5.74, 6) is 2.10. The number of nitrogens with one attached hydrogen (secondary N) is 1. The van der Waals surface area contributed by atoms with Gasteiger partial charge in [-0.1, -0.05) is 19.9 Å². The Kier molecular flexibility index (Phi) is 6.03. The minimum absolute atomic E-state index is 0.495. The molecule has 0 bridgehead atoms. The largest absolute Gasteiger partial charge is 0.465 e. The number of aryl methyl sites for hydroxylation is 1. The normalized spacial score (nSPS) is 16.5. The molecule has 1 aliphatic rings. The van der Waals surface area contributed by atoms with Crippen molar-refractivity contribution in [2.75, 3.05) is 26.8 Å². The van der Waals surface area contributed by atoms with Gasteiger partial charge in [0.2, 0.25) is 0 Å². The van der Waals surface area contributed by atoms with Crippen molar-refractivity contribution in [3.63, 3.8) is 0 Å². The lowest BCUT2D eigenvalue weighted by atomic mass is 10.1. The lowest BCUT2D eigenvalue weighted by Gasteiger charge is -2.25. The smallest absolute Gasteiger partial charge is 0.118 e. The second kappa shape index (κ2) is 7.78. The summed E-state index contributed by atoms with van der Waals surface area (Å²) < 4.78 is 11.1. The molecule has 1 aromatic rings. The first-order valence-electron chi connectivity index (χ1n) is 7.79. The van der Waals surface area contributed by atoms with Gasteiger partial charge in [-0.05, 0) is 25.0 Å². The molecule has 0 saturated carbocycles. The highest BCUT2D eigenvalue weighted by Crippen LogP contribution is 2.19. The van der Waals surface area contributed by atoms with Crippen molar-refractivity contribution in [1.29, 1.82) is 0 Å². The molecule has 0 unspecified atom stereocenters. The van der Waals surface area contributed by atoms with E-state index in [1.807, 2.05) is 6.92 Å². The fourth-order valence-electron chi connectivity index (χ4n) is 2.59.